The number of para-hydroxylation sites is 1. The molecule has 0 saturated heterocycles. The molecular weight excluding hydrogens is 404 g/mol. The first-order valence-electron chi connectivity index (χ1n) is 13.7. The fraction of sp³-hybridized carbons (Fsp3) is 0.600. The van der Waals surface area contributed by atoms with Crippen LogP contribution in [0.2, 0.25) is 0 Å². The van der Waals surface area contributed by atoms with Gasteiger partial charge in [0.1, 0.15) is 5.75 Å². The lowest BCUT2D eigenvalue weighted by Crippen LogP contribution is -2.02. The number of hydrogen-bond donors (Lipinski definition) is 1. The molecule has 0 unspecified atom stereocenters. The van der Waals surface area contributed by atoms with E-state index in [1.165, 1.54) is 105 Å². The minimum atomic E-state index is 0.750. The molecule has 0 aliphatic rings. The number of unbranched alkanes of at least 4 members (excludes halogenated alkanes) is 12. The number of fused-ring (bicyclic) bond motifs is 3. The van der Waals surface area contributed by atoms with Crippen LogP contribution in [0.25, 0.3) is 21.8 Å². The first-order chi connectivity index (χ1) is 16.3. The maximum absolute atomic E-state index is 6.42. The van der Waals surface area contributed by atoms with Crippen molar-refractivity contribution in [3.05, 3.63) is 36.4 Å². The van der Waals surface area contributed by atoms with Crippen LogP contribution in [0.15, 0.2) is 36.4 Å². The van der Waals surface area contributed by atoms with Gasteiger partial charge in [0.15, 0.2) is 0 Å². The van der Waals surface area contributed by atoms with Gasteiger partial charge in [0.05, 0.1) is 17.8 Å². The van der Waals surface area contributed by atoms with Crippen molar-refractivity contribution in [1.82, 2.24) is 4.57 Å². The van der Waals surface area contributed by atoms with E-state index in [4.69, 9.17) is 10.5 Å². The maximum atomic E-state index is 6.42. The molecule has 33 heavy (non-hydrogen) atoms. The number of nitrogens with two attached hydrogens (primary N) is 1. The number of anilines is 1. The number of aromatic nitrogens is 1. The van der Waals surface area contributed by atoms with Crippen molar-refractivity contribution in [3.8, 4) is 5.75 Å². The first-order valence-corrected chi connectivity index (χ1v) is 13.7. The quantitative estimate of drug-likeness (QED) is 0.164. The van der Waals surface area contributed by atoms with E-state index in [0.717, 1.165) is 31.0 Å². The molecule has 3 aromatic rings. The van der Waals surface area contributed by atoms with Gasteiger partial charge in [0.2, 0.25) is 0 Å². The van der Waals surface area contributed by atoms with E-state index >= 15 is 0 Å². The predicted octanol–water partition coefficient (Wildman–Crippen LogP) is 9.26. The van der Waals surface area contributed by atoms with E-state index in [1.54, 1.807) is 0 Å². The Balaban J connectivity index is 1.63. The highest BCUT2D eigenvalue weighted by Gasteiger charge is 2.13. The summed E-state index contributed by atoms with van der Waals surface area (Å²) >= 11 is 0. The number of hydrogen-bond acceptors (Lipinski definition) is 2. The third kappa shape index (κ3) is 7.42. The monoisotopic (exact) mass is 450 g/mol. The number of rotatable bonds is 17. The summed E-state index contributed by atoms with van der Waals surface area (Å²) in [4.78, 5) is 0. The number of aryl methyl sites for hydroxylation is 1. The summed E-state index contributed by atoms with van der Waals surface area (Å²) in [6.45, 7) is 6.35. The van der Waals surface area contributed by atoms with Gasteiger partial charge < -0.3 is 15.0 Å². The molecule has 1 heterocycles. The van der Waals surface area contributed by atoms with Crippen LogP contribution in [0, 0.1) is 0 Å². The zero-order valence-electron chi connectivity index (χ0n) is 21.2. The van der Waals surface area contributed by atoms with Gasteiger partial charge in [-0.15, -0.1) is 0 Å². The number of nitrogens with zero attached hydrogens (tertiary/aromatic N) is 1. The van der Waals surface area contributed by atoms with Crippen LogP contribution in [0.1, 0.15) is 104 Å². The maximum Gasteiger partial charge on any atom is 0.144 e. The van der Waals surface area contributed by atoms with E-state index in [-0.39, 0.29) is 0 Å². The topological polar surface area (TPSA) is 40.2 Å². The largest absolute Gasteiger partial charge is 0.491 e. The Hall–Kier alpha value is -2.16. The molecule has 0 atom stereocenters. The molecule has 0 aliphatic heterocycles. The second-order valence-corrected chi connectivity index (χ2v) is 9.67. The second-order valence-electron chi connectivity index (χ2n) is 9.67. The highest BCUT2D eigenvalue weighted by atomic mass is 16.5. The van der Waals surface area contributed by atoms with Crippen molar-refractivity contribution in [2.24, 2.45) is 0 Å². The van der Waals surface area contributed by atoms with Crippen molar-refractivity contribution in [1.29, 1.82) is 0 Å². The van der Waals surface area contributed by atoms with Gasteiger partial charge in [-0.2, -0.15) is 0 Å². The average Bonchev–Trinajstić information content (AvgIpc) is 3.12. The van der Waals surface area contributed by atoms with Crippen molar-refractivity contribution in [3.63, 3.8) is 0 Å². The molecule has 0 saturated carbocycles. The Bertz CT molecular complexity index is 959. The van der Waals surface area contributed by atoms with Gasteiger partial charge in [-0.3, -0.25) is 0 Å². The van der Waals surface area contributed by atoms with Gasteiger partial charge in [-0.1, -0.05) is 109 Å². The summed E-state index contributed by atoms with van der Waals surface area (Å²) in [5.74, 6) is 0.844. The molecule has 2 N–H and O–H groups in total. The summed E-state index contributed by atoms with van der Waals surface area (Å²) in [5, 5.41) is 2.54. The van der Waals surface area contributed by atoms with Crippen molar-refractivity contribution < 1.29 is 4.74 Å². The molecule has 0 spiro atoms. The lowest BCUT2D eigenvalue weighted by Gasteiger charge is -2.12. The lowest BCUT2D eigenvalue weighted by atomic mass is 10.1. The van der Waals surface area contributed by atoms with Gasteiger partial charge in [0.25, 0.3) is 0 Å². The Morgan fingerprint density at radius 2 is 1.27 bits per heavy atom. The number of benzene rings is 2. The van der Waals surface area contributed by atoms with Crippen LogP contribution in [0.3, 0.4) is 0 Å². The minimum absolute atomic E-state index is 0.750. The first kappa shape index (κ1) is 25.5. The summed E-state index contributed by atoms with van der Waals surface area (Å²) in [7, 11) is 0. The molecule has 182 valence electrons. The normalized spacial score (nSPS) is 11.6. The Morgan fingerprint density at radius 3 is 1.97 bits per heavy atom. The van der Waals surface area contributed by atoms with Crippen LogP contribution in [-0.4, -0.2) is 11.2 Å². The van der Waals surface area contributed by atoms with Crippen molar-refractivity contribution in [2.45, 2.75) is 110 Å². The zero-order valence-corrected chi connectivity index (χ0v) is 21.2. The lowest BCUT2D eigenvalue weighted by molar-refractivity contribution is 0.306. The van der Waals surface area contributed by atoms with Gasteiger partial charge in [0, 0.05) is 28.9 Å². The minimum Gasteiger partial charge on any atom is -0.491 e. The zero-order chi connectivity index (χ0) is 23.3. The highest BCUT2D eigenvalue weighted by molar-refractivity contribution is 6.09. The van der Waals surface area contributed by atoms with E-state index < -0.39 is 0 Å². The van der Waals surface area contributed by atoms with E-state index in [2.05, 4.69) is 54.8 Å². The fourth-order valence-electron chi connectivity index (χ4n) is 4.93. The van der Waals surface area contributed by atoms with E-state index in [0.29, 0.717) is 0 Å². The van der Waals surface area contributed by atoms with Gasteiger partial charge >= 0.3 is 0 Å². The Kier molecular flexibility index (Phi) is 10.9. The van der Waals surface area contributed by atoms with Gasteiger partial charge in [-0.25, -0.2) is 0 Å². The second kappa shape index (κ2) is 14.2. The SMILES string of the molecule is CCCCCCCCCCn1c2ccccc2c2cc(N)c(OCCCCCCCC)cc21. The molecule has 0 bridgehead atoms. The molecular formula is C30H46N2O. The third-order valence-electron chi connectivity index (χ3n) is 6.89. The molecule has 0 amide bonds. The standard InChI is InChI=1S/C30H46N2O/c1-3-5-7-9-11-12-13-17-21-32-28-20-16-15-19-25(28)26-23-27(31)30(24-29(26)32)33-22-18-14-10-8-6-4-2/h15-16,19-20,23-24H,3-14,17-18,21-22,31H2,1-2H3. The van der Waals surface area contributed by atoms with Crippen LogP contribution in [0.4, 0.5) is 5.69 Å². The number of nitrogen functional groups attached to an aromatic ring is 1. The Morgan fingerprint density at radius 1 is 0.667 bits per heavy atom. The summed E-state index contributed by atoms with van der Waals surface area (Å²) in [6, 6.07) is 13.0. The summed E-state index contributed by atoms with van der Waals surface area (Å²) in [6.07, 6.45) is 18.3. The van der Waals surface area contributed by atoms with Crippen LogP contribution in [0.5, 0.6) is 5.75 Å². The van der Waals surface area contributed by atoms with Crippen LogP contribution >= 0.6 is 0 Å². The third-order valence-corrected chi connectivity index (χ3v) is 6.89. The van der Waals surface area contributed by atoms with Gasteiger partial charge in [-0.05, 0) is 25.0 Å². The molecule has 0 fully saturated rings. The number of ether oxygens (including phenoxy) is 1. The molecule has 1 aromatic heterocycles. The fourth-order valence-corrected chi connectivity index (χ4v) is 4.93. The molecule has 3 heteroatoms. The van der Waals surface area contributed by atoms with Crippen LogP contribution in [-0.2, 0) is 6.54 Å². The Labute approximate surface area is 201 Å². The summed E-state index contributed by atoms with van der Waals surface area (Å²) in [5.41, 5.74) is 9.74. The molecule has 3 nitrogen and oxygen atoms in total. The molecule has 0 radical (unpaired) electrons. The van der Waals surface area contributed by atoms with E-state index in [9.17, 15) is 0 Å². The van der Waals surface area contributed by atoms with E-state index in [1.807, 2.05) is 0 Å². The summed E-state index contributed by atoms with van der Waals surface area (Å²) < 4.78 is 8.64. The van der Waals surface area contributed by atoms with Crippen molar-refractivity contribution in [2.75, 3.05) is 12.3 Å². The average molecular weight is 451 g/mol. The highest BCUT2D eigenvalue weighted by Crippen LogP contribution is 2.35. The molecule has 2 aromatic carbocycles. The van der Waals surface area contributed by atoms with Crippen LogP contribution < -0.4 is 10.5 Å². The van der Waals surface area contributed by atoms with Crippen molar-refractivity contribution >= 4 is 27.5 Å². The molecule has 0 aliphatic carbocycles. The smallest absolute Gasteiger partial charge is 0.144 e. The molecule has 3 rings (SSSR count). The predicted molar refractivity (Wildman–Crippen MR) is 145 cm³/mol.